The van der Waals surface area contributed by atoms with Crippen molar-refractivity contribution in [3.8, 4) is 0 Å². The molecule has 2 amide bonds. The summed E-state index contributed by atoms with van der Waals surface area (Å²) in [4.78, 5) is 29.0. The Kier molecular flexibility index (Phi) is 5.73. The Morgan fingerprint density at radius 1 is 1.19 bits per heavy atom. The van der Waals surface area contributed by atoms with Gasteiger partial charge in [0, 0.05) is 12.1 Å². The molecular weight excluding hydrogens is 346 g/mol. The molecule has 26 heavy (non-hydrogen) atoms. The van der Waals surface area contributed by atoms with Gasteiger partial charge in [0.05, 0.1) is 5.69 Å². The van der Waals surface area contributed by atoms with Crippen molar-refractivity contribution in [2.45, 2.75) is 31.9 Å². The number of rotatable bonds is 5. The second kappa shape index (κ2) is 8.19. The van der Waals surface area contributed by atoms with E-state index in [0.717, 1.165) is 28.9 Å². The van der Waals surface area contributed by atoms with Crippen molar-refractivity contribution in [2.75, 3.05) is 5.32 Å². The van der Waals surface area contributed by atoms with Gasteiger partial charge in [0.25, 0.3) is 0 Å². The first kappa shape index (κ1) is 18.2. The van der Waals surface area contributed by atoms with Crippen LogP contribution in [-0.4, -0.2) is 22.2 Å². The number of para-hydroxylation sites is 2. The third kappa shape index (κ3) is 4.32. The predicted octanol–water partition coefficient (Wildman–Crippen LogP) is 3.81. The smallest absolute Gasteiger partial charge is 0.240 e. The second-order valence-electron chi connectivity index (χ2n) is 6.07. The minimum atomic E-state index is -0.466. The second-order valence-corrected chi connectivity index (χ2v) is 7.26. The van der Waals surface area contributed by atoms with Crippen LogP contribution in [0.2, 0.25) is 0 Å². The van der Waals surface area contributed by atoms with E-state index in [0.29, 0.717) is 5.17 Å². The predicted molar refractivity (Wildman–Crippen MR) is 107 cm³/mol. The van der Waals surface area contributed by atoms with Crippen molar-refractivity contribution >= 4 is 40.1 Å². The molecule has 0 saturated carbocycles. The van der Waals surface area contributed by atoms with Crippen LogP contribution < -0.4 is 10.6 Å². The van der Waals surface area contributed by atoms with E-state index < -0.39 is 5.25 Å². The lowest BCUT2D eigenvalue weighted by atomic mass is 10.1. The highest BCUT2D eigenvalue weighted by molar-refractivity contribution is 8.15. The zero-order chi connectivity index (χ0) is 18.5. The fourth-order valence-corrected chi connectivity index (χ4v) is 3.73. The molecule has 134 valence electrons. The van der Waals surface area contributed by atoms with Gasteiger partial charge in [0.1, 0.15) is 5.25 Å². The number of benzene rings is 2. The van der Waals surface area contributed by atoms with Gasteiger partial charge < -0.3 is 10.6 Å². The topological polar surface area (TPSA) is 70.6 Å². The molecule has 1 atom stereocenters. The molecule has 0 aliphatic carbocycles. The number of carbonyl (C=O) groups is 2. The first-order chi connectivity index (χ1) is 12.6. The number of thioether (sulfide) groups is 1. The molecule has 1 fully saturated rings. The summed E-state index contributed by atoms with van der Waals surface area (Å²) in [6, 6.07) is 15.3. The largest absolute Gasteiger partial charge is 0.326 e. The fourth-order valence-electron chi connectivity index (χ4n) is 2.76. The molecule has 2 aromatic rings. The first-order valence-corrected chi connectivity index (χ1v) is 9.44. The number of nitrogens with one attached hydrogen (secondary N) is 2. The lowest BCUT2D eigenvalue weighted by molar-refractivity contribution is -0.122. The standard InChI is InChI=1S/C20H21N3O2S/c1-3-14-9-7-8-13(2)18(14)22-20-23-19(25)16(26-20)12-17(24)21-15-10-5-4-6-11-15/h4-11,16H,3,12H2,1-2H3,(H,21,24)(H,22,23,25)/t16-/m0/s1. The molecule has 1 heterocycles. The Morgan fingerprint density at radius 2 is 1.96 bits per heavy atom. The molecule has 0 unspecified atom stereocenters. The molecule has 0 radical (unpaired) electrons. The van der Waals surface area contributed by atoms with Gasteiger partial charge in [0.2, 0.25) is 11.8 Å². The molecule has 1 aliphatic heterocycles. The van der Waals surface area contributed by atoms with E-state index >= 15 is 0 Å². The van der Waals surface area contributed by atoms with Gasteiger partial charge in [-0.05, 0) is 36.6 Å². The highest BCUT2D eigenvalue weighted by Gasteiger charge is 2.32. The minimum absolute atomic E-state index is 0.110. The van der Waals surface area contributed by atoms with E-state index in [9.17, 15) is 9.59 Å². The molecule has 5 nitrogen and oxygen atoms in total. The molecule has 0 aromatic heterocycles. The van der Waals surface area contributed by atoms with Crippen LogP contribution in [0.1, 0.15) is 24.5 Å². The van der Waals surface area contributed by atoms with Crippen LogP contribution >= 0.6 is 11.8 Å². The van der Waals surface area contributed by atoms with Gasteiger partial charge in [-0.15, -0.1) is 0 Å². The van der Waals surface area contributed by atoms with Crippen molar-refractivity contribution in [1.82, 2.24) is 5.32 Å². The number of amides is 2. The average molecular weight is 367 g/mol. The molecule has 3 rings (SSSR count). The van der Waals surface area contributed by atoms with E-state index in [-0.39, 0.29) is 18.2 Å². The van der Waals surface area contributed by atoms with Gasteiger partial charge in [-0.1, -0.05) is 55.1 Å². The summed E-state index contributed by atoms with van der Waals surface area (Å²) in [6.45, 7) is 4.08. The average Bonchev–Trinajstić information content (AvgIpc) is 2.96. The zero-order valence-corrected chi connectivity index (χ0v) is 15.6. The van der Waals surface area contributed by atoms with E-state index in [1.807, 2.05) is 55.5 Å². The molecule has 0 spiro atoms. The molecule has 2 N–H and O–H groups in total. The SMILES string of the molecule is CCc1cccc(C)c1N=C1NC(=O)[C@H](CC(=O)Nc2ccccc2)S1. The number of aliphatic imine (C=N–C) groups is 1. The zero-order valence-electron chi connectivity index (χ0n) is 14.8. The van der Waals surface area contributed by atoms with Crippen LogP contribution in [0.3, 0.4) is 0 Å². The summed E-state index contributed by atoms with van der Waals surface area (Å²) in [5.74, 6) is -0.362. The van der Waals surface area contributed by atoms with Gasteiger partial charge in [-0.2, -0.15) is 0 Å². The molecule has 1 aliphatic rings. The number of nitrogens with zero attached hydrogens (tertiary/aromatic N) is 1. The van der Waals surface area contributed by atoms with Gasteiger partial charge >= 0.3 is 0 Å². The van der Waals surface area contributed by atoms with Crippen LogP contribution in [0.5, 0.6) is 0 Å². The summed E-state index contributed by atoms with van der Waals surface area (Å²) < 4.78 is 0. The Balaban J connectivity index is 1.68. The third-order valence-corrected chi connectivity index (χ3v) is 5.20. The Hall–Kier alpha value is -2.60. The summed E-state index contributed by atoms with van der Waals surface area (Å²) in [5, 5.41) is 5.69. The highest BCUT2D eigenvalue weighted by Crippen LogP contribution is 2.29. The van der Waals surface area contributed by atoms with Crippen molar-refractivity contribution in [1.29, 1.82) is 0 Å². The van der Waals surface area contributed by atoms with Gasteiger partial charge in [-0.25, -0.2) is 4.99 Å². The van der Waals surface area contributed by atoms with Gasteiger partial charge in [-0.3, -0.25) is 9.59 Å². The maximum atomic E-state index is 12.2. The third-order valence-electron chi connectivity index (χ3n) is 4.12. The summed E-state index contributed by atoms with van der Waals surface area (Å²) in [6.07, 6.45) is 0.980. The van der Waals surface area contributed by atoms with Crippen LogP contribution in [0, 0.1) is 6.92 Å². The number of hydrogen-bond acceptors (Lipinski definition) is 4. The van der Waals surface area contributed by atoms with E-state index in [1.54, 1.807) is 0 Å². The highest BCUT2D eigenvalue weighted by atomic mass is 32.2. The summed E-state index contributed by atoms with van der Waals surface area (Å²) in [7, 11) is 0. The summed E-state index contributed by atoms with van der Waals surface area (Å²) in [5.41, 5.74) is 3.82. The maximum Gasteiger partial charge on any atom is 0.240 e. The monoisotopic (exact) mass is 367 g/mol. The van der Waals surface area contributed by atoms with Crippen molar-refractivity contribution in [3.63, 3.8) is 0 Å². The Bertz CT molecular complexity index is 849. The quantitative estimate of drug-likeness (QED) is 0.844. The maximum absolute atomic E-state index is 12.2. The van der Waals surface area contributed by atoms with Crippen LogP contribution in [0.4, 0.5) is 11.4 Å². The normalized spacial score (nSPS) is 18.0. The van der Waals surface area contributed by atoms with Crippen molar-refractivity contribution in [3.05, 3.63) is 59.7 Å². The molecule has 6 heteroatoms. The lowest BCUT2D eigenvalue weighted by Crippen LogP contribution is -2.28. The number of carbonyl (C=O) groups excluding carboxylic acids is 2. The Morgan fingerprint density at radius 3 is 2.69 bits per heavy atom. The molecule has 1 saturated heterocycles. The number of amidine groups is 1. The summed E-state index contributed by atoms with van der Waals surface area (Å²) >= 11 is 1.31. The minimum Gasteiger partial charge on any atom is -0.326 e. The molecular formula is C20H21N3O2S. The Labute approximate surface area is 157 Å². The van der Waals surface area contributed by atoms with Gasteiger partial charge in [0.15, 0.2) is 5.17 Å². The molecule has 2 aromatic carbocycles. The van der Waals surface area contributed by atoms with Crippen LogP contribution in [-0.2, 0) is 16.0 Å². The number of anilines is 1. The lowest BCUT2D eigenvalue weighted by Gasteiger charge is -2.08. The van der Waals surface area contributed by atoms with Crippen molar-refractivity contribution in [2.24, 2.45) is 4.99 Å². The molecule has 0 bridgehead atoms. The van der Waals surface area contributed by atoms with E-state index in [4.69, 9.17) is 0 Å². The van der Waals surface area contributed by atoms with Crippen molar-refractivity contribution < 1.29 is 9.59 Å². The first-order valence-electron chi connectivity index (χ1n) is 8.56. The van der Waals surface area contributed by atoms with Crippen LogP contribution in [0.25, 0.3) is 0 Å². The van der Waals surface area contributed by atoms with Crippen LogP contribution in [0.15, 0.2) is 53.5 Å². The van der Waals surface area contributed by atoms with E-state index in [2.05, 4.69) is 22.5 Å². The number of hydrogen-bond donors (Lipinski definition) is 2. The van der Waals surface area contributed by atoms with E-state index in [1.165, 1.54) is 11.8 Å². The fraction of sp³-hybridized carbons (Fsp3) is 0.250. The number of aryl methyl sites for hydroxylation is 2.